The molecule has 3 aliphatic carbocycles. The number of allylic oxidation sites excluding steroid dienone is 3. The van der Waals surface area contributed by atoms with Crippen LogP contribution >= 0.6 is 0 Å². The molecule has 7 atom stereocenters. The summed E-state index contributed by atoms with van der Waals surface area (Å²) in [6.07, 6.45) is 12.5. The van der Waals surface area contributed by atoms with Crippen molar-refractivity contribution in [3.05, 3.63) is 35.5 Å². The van der Waals surface area contributed by atoms with E-state index in [4.69, 9.17) is 9.16 Å². The summed E-state index contributed by atoms with van der Waals surface area (Å²) < 4.78 is 13.2. The topological polar surface area (TPSA) is 55.8 Å². The van der Waals surface area contributed by atoms with E-state index in [1.807, 2.05) is 0 Å². The number of hydrogen-bond donors (Lipinski definition) is 1. The molecule has 4 nitrogen and oxygen atoms in total. The van der Waals surface area contributed by atoms with Crippen LogP contribution in [-0.4, -0.2) is 38.2 Å². The van der Waals surface area contributed by atoms with Gasteiger partial charge in [0.2, 0.25) is 0 Å². The highest BCUT2D eigenvalue weighted by molar-refractivity contribution is 6.74. The van der Waals surface area contributed by atoms with Crippen molar-refractivity contribution in [3.63, 3.8) is 0 Å². The zero-order valence-electron chi connectivity index (χ0n) is 29.4. The predicted octanol–water partition coefficient (Wildman–Crippen LogP) is 9.98. The molecule has 3 rings (SSSR count). The van der Waals surface area contributed by atoms with E-state index in [1.165, 1.54) is 37.7 Å². The van der Waals surface area contributed by atoms with Crippen LogP contribution in [0.1, 0.15) is 114 Å². The quantitative estimate of drug-likeness (QED) is 0.208. The summed E-state index contributed by atoms with van der Waals surface area (Å²) in [6, 6.07) is 0. The largest absolute Gasteiger partial charge is 0.481 e. The van der Waals surface area contributed by atoms with E-state index in [1.54, 1.807) is 5.57 Å². The molecule has 0 heterocycles. The average Bonchev–Trinajstić information content (AvgIpc) is 3.22. The van der Waals surface area contributed by atoms with Gasteiger partial charge in [-0.05, 0) is 118 Å². The molecule has 0 aromatic heterocycles. The fourth-order valence-electron chi connectivity index (χ4n) is 7.66. The molecule has 0 aliphatic heterocycles. The van der Waals surface area contributed by atoms with Crippen LogP contribution in [0.4, 0.5) is 0 Å². The standard InChI is InChI=1S/C38H62O4Si/c1-26(15-13-22-36(4,5)6)31-19-20-32-29(16-14-23-38(31,32)10)17-18-30-25-27(2)34(41-24-21-33(39)40)35(28(30)3)42-43(11,12)37(7,8)9/h17-18,26-27,31-32,34-35H,3,14-16,19-21,23-25H2,1-2,4-12H3,(H,39,40)/b29-17+,30-18-/t26-,27-,31-,32?,34+,35-,38-/m1/s1. The third-order valence-corrected chi connectivity index (χ3v) is 15.6. The Labute approximate surface area is 265 Å². The second-order valence-corrected chi connectivity index (χ2v) is 21.5. The van der Waals surface area contributed by atoms with Crippen molar-refractivity contribution < 1.29 is 19.1 Å². The highest BCUT2D eigenvalue weighted by atomic mass is 28.4. The highest BCUT2D eigenvalue weighted by Gasteiger charge is 2.50. The van der Waals surface area contributed by atoms with Gasteiger partial charge < -0.3 is 14.3 Å². The molecule has 0 bridgehead atoms. The molecule has 0 amide bonds. The second-order valence-electron chi connectivity index (χ2n) is 16.7. The van der Waals surface area contributed by atoms with E-state index >= 15 is 0 Å². The number of fused-ring (bicyclic) bond motifs is 1. The van der Waals surface area contributed by atoms with Gasteiger partial charge in [0.05, 0.1) is 25.2 Å². The minimum Gasteiger partial charge on any atom is -0.481 e. The summed E-state index contributed by atoms with van der Waals surface area (Å²) in [4.78, 5) is 11.2. The fraction of sp³-hybridized carbons (Fsp3) is 0.763. The number of carboxylic acid groups (broad SMARTS) is 1. The Bertz CT molecular complexity index is 1140. The summed E-state index contributed by atoms with van der Waals surface area (Å²) >= 11 is 0. The lowest BCUT2D eigenvalue weighted by molar-refractivity contribution is -0.139. The second kappa shape index (κ2) is 13.8. The number of carboxylic acids is 1. The molecule has 0 aromatic rings. The van der Waals surface area contributed by atoms with Crippen LogP contribution in [0.5, 0.6) is 0 Å². The maximum absolute atomic E-state index is 11.2. The van der Waals surface area contributed by atoms with Crippen LogP contribution in [0.2, 0.25) is 18.1 Å². The first-order valence-electron chi connectivity index (χ1n) is 16.9. The van der Waals surface area contributed by atoms with Gasteiger partial charge in [-0.1, -0.05) is 71.8 Å². The Balaban J connectivity index is 1.84. The van der Waals surface area contributed by atoms with Crippen molar-refractivity contribution in [1.82, 2.24) is 0 Å². The Kier molecular flexibility index (Phi) is 11.5. The molecule has 1 unspecified atom stereocenters. The number of ether oxygens (including phenoxy) is 1. The monoisotopic (exact) mass is 610 g/mol. The minimum atomic E-state index is -2.13. The summed E-state index contributed by atoms with van der Waals surface area (Å²) in [6.45, 7) is 29.9. The number of carbonyl (C=O) groups is 1. The van der Waals surface area contributed by atoms with Gasteiger partial charge in [0.25, 0.3) is 0 Å². The fourth-order valence-corrected chi connectivity index (χ4v) is 8.92. The van der Waals surface area contributed by atoms with Crippen molar-refractivity contribution in [2.45, 2.75) is 144 Å². The van der Waals surface area contributed by atoms with Gasteiger partial charge in [-0.3, -0.25) is 4.79 Å². The summed E-state index contributed by atoms with van der Waals surface area (Å²) in [5, 5.41) is 9.26. The van der Waals surface area contributed by atoms with Crippen LogP contribution < -0.4 is 0 Å². The van der Waals surface area contributed by atoms with Crippen LogP contribution in [0, 0.1) is 46.3 Å². The third-order valence-electron chi connectivity index (χ3n) is 11.1. The third kappa shape index (κ3) is 8.77. The molecule has 3 fully saturated rings. The van der Waals surface area contributed by atoms with E-state index in [0.717, 1.165) is 24.3 Å². The van der Waals surface area contributed by atoms with Gasteiger partial charge in [0.15, 0.2) is 8.32 Å². The molecule has 0 spiro atoms. The lowest BCUT2D eigenvalue weighted by atomic mass is 9.61. The minimum absolute atomic E-state index is 0.000232. The van der Waals surface area contributed by atoms with Crippen molar-refractivity contribution in [2.75, 3.05) is 6.61 Å². The zero-order chi connectivity index (χ0) is 32.4. The van der Waals surface area contributed by atoms with Crippen LogP contribution in [-0.2, 0) is 14.0 Å². The normalized spacial score (nSPS) is 32.8. The Morgan fingerprint density at radius 2 is 1.86 bits per heavy atom. The molecule has 3 aliphatic rings. The maximum atomic E-state index is 11.2. The number of aliphatic carboxylic acids is 1. The van der Waals surface area contributed by atoms with Gasteiger partial charge in [-0.15, -0.1) is 5.92 Å². The summed E-state index contributed by atoms with van der Waals surface area (Å²) in [5.74, 6) is 8.33. The highest BCUT2D eigenvalue weighted by Crippen LogP contribution is 2.59. The first-order chi connectivity index (χ1) is 19.8. The zero-order valence-corrected chi connectivity index (χ0v) is 30.4. The molecular formula is C38H62O4Si. The van der Waals surface area contributed by atoms with E-state index < -0.39 is 14.3 Å². The Hall–Kier alpha value is -1.61. The van der Waals surface area contributed by atoms with Gasteiger partial charge in [-0.25, -0.2) is 0 Å². The number of rotatable bonds is 9. The first-order valence-corrected chi connectivity index (χ1v) is 19.8. The molecule has 5 heteroatoms. The van der Waals surface area contributed by atoms with Gasteiger partial charge in [0, 0.05) is 11.8 Å². The summed E-state index contributed by atoms with van der Waals surface area (Å²) in [5.41, 5.74) is 4.29. The van der Waals surface area contributed by atoms with E-state index in [0.29, 0.717) is 17.3 Å². The maximum Gasteiger partial charge on any atom is 0.305 e. The van der Waals surface area contributed by atoms with Crippen molar-refractivity contribution in [2.24, 2.45) is 34.5 Å². The van der Waals surface area contributed by atoms with Crippen LogP contribution in [0.25, 0.3) is 0 Å². The van der Waals surface area contributed by atoms with Crippen LogP contribution in [0.15, 0.2) is 35.5 Å². The Morgan fingerprint density at radius 1 is 1.19 bits per heavy atom. The van der Waals surface area contributed by atoms with Crippen molar-refractivity contribution in [3.8, 4) is 11.8 Å². The molecule has 0 radical (unpaired) electrons. The first kappa shape index (κ1) is 35.9. The molecular weight excluding hydrogens is 549 g/mol. The molecule has 43 heavy (non-hydrogen) atoms. The van der Waals surface area contributed by atoms with E-state index in [-0.39, 0.29) is 41.6 Å². The van der Waals surface area contributed by atoms with E-state index in [9.17, 15) is 9.90 Å². The smallest absolute Gasteiger partial charge is 0.305 e. The van der Waals surface area contributed by atoms with Gasteiger partial charge in [0.1, 0.15) is 0 Å². The lowest BCUT2D eigenvalue weighted by Gasteiger charge is -2.46. The van der Waals surface area contributed by atoms with Crippen molar-refractivity contribution >= 4 is 14.3 Å². The van der Waals surface area contributed by atoms with E-state index in [2.05, 4.69) is 106 Å². The van der Waals surface area contributed by atoms with Crippen molar-refractivity contribution in [1.29, 1.82) is 0 Å². The number of hydrogen-bond acceptors (Lipinski definition) is 3. The molecule has 3 saturated carbocycles. The van der Waals surface area contributed by atoms with Gasteiger partial charge >= 0.3 is 5.97 Å². The predicted molar refractivity (Wildman–Crippen MR) is 182 cm³/mol. The summed E-state index contributed by atoms with van der Waals surface area (Å²) in [7, 11) is -2.13. The molecule has 0 aromatic carbocycles. The SMILES string of the molecule is C=C1/C(=C\C=C2/CCC[C@@]3(C)C2CC[C@@H]3[C@H](C)CC#CC(C)(C)C)C[C@@H](C)[C@H](OCCC(=O)O)[C@@H]1O[Si](C)(C)C(C)(C)C. The Morgan fingerprint density at radius 3 is 2.47 bits per heavy atom. The molecule has 1 N–H and O–H groups in total. The molecule has 242 valence electrons. The lowest BCUT2D eigenvalue weighted by Crippen LogP contribution is -2.51. The average molecular weight is 611 g/mol. The van der Waals surface area contributed by atoms with Gasteiger partial charge in [-0.2, -0.15) is 0 Å². The van der Waals surface area contributed by atoms with Crippen LogP contribution in [0.3, 0.4) is 0 Å². The molecule has 0 saturated heterocycles.